The lowest BCUT2D eigenvalue weighted by Gasteiger charge is -2.31. The van der Waals surface area contributed by atoms with E-state index in [0.29, 0.717) is 19.6 Å². The van der Waals surface area contributed by atoms with E-state index in [9.17, 15) is 9.59 Å². The number of carbonyl (C=O) groups excluding carboxylic acids is 2. The molecule has 1 aliphatic rings. The second-order valence-corrected chi connectivity index (χ2v) is 3.92. The Kier molecular flexibility index (Phi) is 5.02. The first-order valence-electron chi connectivity index (χ1n) is 5.74. The van der Waals surface area contributed by atoms with Crippen molar-refractivity contribution in [3.63, 3.8) is 0 Å². The summed E-state index contributed by atoms with van der Waals surface area (Å²) >= 11 is 0. The molecule has 0 radical (unpaired) electrons. The monoisotopic (exact) mass is 225 g/mol. The third kappa shape index (κ3) is 3.36. The molecule has 0 aromatic carbocycles. The Balaban J connectivity index is 2.49. The predicted octanol–water partition coefficient (Wildman–Crippen LogP) is 1.36. The number of ether oxygens (including phenoxy) is 1. The number of hydrogen-bond donors (Lipinski definition) is 0. The zero-order valence-corrected chi connectivity index (χ0v) is 9.78. The molecule has 1 rings (SSSR count). The number of hydrogen-bond acceptors (Lipinski definition) is 3. The van der Waals surface area contributed by atoms with E-state index in [0.717, 1.165) is 19.4 Å². The smallest absolute Gasteiger partial charge is 0.310 e. The van der Waals surface area contributed by atoms with Crippen molar-refractivity contribution in [2.75, 3.05) is 19.7 Å². The molecule has 16 heavy (non-hydrogen) atoms. The lowest BCUT2D eigenvalue weighted by molar-refractivity contribution is -0.151. The highest BCUT2D eigenvalue weighted by Gasteiger charge is 2.28. The van der Waals surface area contributed by atoms with Gasteiger partial charge in [-0.05, 0) is 19.8 Å². The molecule has 1 aliphatic heterocycles. The fraction of sp³-hybridized carbons (Fsp3) is 0.667. The summed E-state index contributed by atoms with van der Waals surface area (Å²) in [6, 6.07) is 0. The second kappa shape index (κ2) is 6.30. The van der Waals surface area contributed by atoms with Crippen LogP contribution < -0.4 is 0 Å². The summed E-state index contributed by atoms with van der Waals surface area (Å²) in [7, 11) is 0. The summed E-state index contributed by atoms with van der Waals surface area (Å²) in [4.78, 5) is 24.9. The highest BCUT2D eigenvalue weighted by Crippen LogP contribution is 2.18. The Bertz CT molecular complexity index is 275. The standard InChI is InChI=1S/C12H19NO3/c1-3-6-11(14)13-8-5-7-10(9-13)12(15)16-4-2/h3,10H,1,4-9H2,2H3. The van der Waals surface area contributed by atoms with Crippen LogP contribution in [0.2, 0.25) is 0 Å². The van der Waals surface area contributed by atoms with Crippen LogP contribution in [0, 0.1) is 5.92 Å². The van der Waals surface area contributed by atoms with E-state index in [-0.39, 0.29) is 17.8 Å². The van der Waals surface area contributed by atoms with Gasteiger partial charge in [0, 0.05) is 19.5 Å². The van der Waals surface area contributed by atoms with Gasteiger partial charge < -0.3 is 9.64 Å². The lowest BCUT2D eigenvalue weighted by Crippen LogP contribution is -2.42. The van der Waals surface area contributed by atoms with Crippen LogP contribution in [0.15, 0.2) is 12.7 Å². The second-order valence-electron chi connectivity index (χ2n) is 3.92. The number of amides is 1. The average molecular weight is 225 g/mol. The molecule has 1 atom stereocenters. The minimum atomic E-state index is -0.182. The maximum Gasteiger partial charge on any atom is 0.310 e. The third-order valence-electron chi connectivity index (χ3n) is 2.71. The summed E-state index contributed by atoms with van der Waals surface area (Å²) in [6.45, 7) is 6.96. The molecule has 1 amide bonds. The first-order chi connectivity index (χ1) is 7.69. The molecule has 0 N–H and O–H groups in total. The van der Waals surface area contributed by atoms with Crippen molar-refractivity contribution in [1.29, 1.82) is 0 Å². The highest BCUT2D eigenvalue weighted by atomic mass is 16.5. The van der Waals surface area contributed by atoms with Gasteiger partial charge in [-0.15, -0.1) is 6.58 Å². The maximum absolute atomic E-state index is 11.6. The SMILES string of the molecule is C=CCC(=O)N1CCCC(C(=O)OCC)C1. The fourth-order valence-electron chi connectivity index (χ4n) is 1.91. The quantitative estimate of drug-likeness (QED) is 0.536. The minimum absolute atomic E-state index is 0.0454. The topological polar surface area (TPSA) is 46.6 Å². The molecule has 1 unspecified atom stereocenters. The van der Waals surface area contributed by atoms with Gasteiger partial charge in [0.25, 0.3) is 0 Å². The average Bonchev–Trinajstić information content (AvgIpc) is 2.30. The minimum Gasteiger partial charge on any atom is -0.466 e. The van der Waals surface area contributed by atoms with Crippen molar-refractivity contribution >= 4 is 11.9 Å². The Hall–Kier alpha value is -1.32. The van der Waals surface area contributed by atoms with Crippen molar-refractivity contribution in [3.05, 3.63) is 12.7 Å². The summed E-state index contributed by atoms with van der Waals surface area (Å²) in [5, 5.41) is 0. The number of esters is 1. The van der Waals surface area contributed by atoms with Crippen molar-refractivity contribution in [1.82, 2.24) is 4.90 Å². The van der Waals surface area contributed by atoms with Crippen LogP contribution in [0.1, 0.15) is 26.2 Å². The van der Waals surface area contributed by atoms with Crippen molar-refractivity contribution in [3.8, 4) is 0 Å². The zero-order valence-electron chi connectivity index (χ0n) is 9.78. The number of likely N-dealkylation sites (tertiary alicyclic amines) is 1. The van der Waals surface area contributed by atoms with Crippen LogP contribution in [0.4, 0.5) is 0 Å². The first-order valence-corrected chi connectivity index (χ1v) is 5.74. The van der Waals surface area contributed by atoms with Crippen molar-refractivity contribution in [2.24, 2.45) is 5.92 Å². The highest BCUT2D eigenvalue weighted by molar-refractivity contribution is 5.79. The summed E-state index contributed by atoms with van der Waals surface area (Å²) < 4.78 is 4.97. The number of piperidine rings is 1. The molecule has 1 heterocycles. The van der Waals surface area contributed by atoms with Crippen LogP contribution in [-0.2, 0) is 14.3 Å². The van der Waals surface area contributed by atoms with E-state index in [1.54, 1.807) is 17.9 Å². The van der Waals surface area contributed by atoms with Gasteiger partial charge in [-0.3, -0.25) is 9.59 Å². The molecule has 4 heteroatoms. The van der Waals surface area contributed by atoms with Gasteiger partial charge in [0.2, 0.25) is 5.91 Å². The number of carbonyl (C=O) groups is 2. The van der Waals surface area contributed by atoms with Crippen LogP contribution in [0.3, 0.4) is 0 Å². The van der Waals surface area contributed by atoms with Gasteiger partial charge in [0.05, 0.1) is 12.5 Å². The van der Waals surface area contributed by atoms with E-state index in [2.05, 4.69) is 6.58 Å². The molecule has 0 spiro atoms. The van der Waals surface area contributed by atoms with E-state index in [1.807, 2.05) is 0 Å². The Labute approximate surface area is 96.3 Å². The predicted molar refractivity (Wildman–Crippen MR) is 60.8 cm³/mol. The van der Waals surface area contributed by atoms with Crippen LogP contribution in [0.25, 0.3) is 0 Å². The molecule has 1 saturated heterocycles. The lowest BCUT2D eigenvalue weighted by atomic mass is 9.98. The van der Waals surface area contributed by atoms with Gasteiger partial charge >= 0.3 is 5.97 Å². The molecule has 0 aromatic heterocycles. The Morgan fingerprint density at radius 2 is 2.31 bits per heavy atom. The molecule has 0 saturated carbocycles. The van der Waals surface area contributed by atoms with Gasteiger partial charge in [0.15, 0.2) is 0 Å². The normalized spacial score (nSPS) is 20.3. The Morgan fingerprint density at radius 3 is 2.94 bits per heavy atom. The van der Waals surface area contributed by atoms with Crippen molar-refractivity contribution in [2.45, 2.75) is 26.2 Å². The molecule has 1 fully saturated rings. The first kappa shape index (κ1) is 12.7. The van der Waals surface area contributed by atoms with Gasteiger partial charge in [0.1, 0.15) is 0 Å². The zero-order chi connectivity index (χ0) is 12.0. The molecule has 0 bridgehead atoms. The van der Waals surface area contributed by atoms with Crippen molar-refractivity contribution < 1.29 is 14.3 Å². The molecule has 4 nitrogen and oxygen atoms in total. The van der Waals surface area contributed by atoms with Gasteiger partial charge in [-0.2, -0.15) is 0 Å². The summed E-state index contributed by atoms with van der Waals surface area (Å²) in [5.74, 6) is -0.287. The molecule has 0 aliphatic carbocycles. The van der Waals surface area contributed by atoms with Gasteiger partial charge in [-0.1, -0.05) is 6.08 Å². The Morgan fingerprint density at radius 1 is 1.56 bits per heavy atom. The van der Waals surface area contributed by atoms with E-state index in [1.165, 1.54) is 0 Å². The van der Waals surface area contributed by atoms with Gasteiger partial charge in [-0.25, -0.2) is 0 Å². The number of rotatable bonds is 4. The third-order valence-corrected chi connectivity index (χ3v) is 2.71. The molecule has 0 aromatic rings. The fourth-order valence-corrected chi connectivity index (χ4v) is 1.91. The number of nitrogens with zero attached hydrogens (tertiary/aromatic N) is 1. The van der Waals surface area contributed by atoms with E-state index in [4.69, 9.17) is 4.74 Å². The summed E-state index contributed by atoms with van der Waals surface area (Å²) in [6.07, 6.45) is 3.62. The molecule has 90 valence electrons. The van der Waals surface area contributed by atoms with E-state index >= 15 is 0 Å². The summed E-state index contributed by atoms with van der Waals surface area (Å²) in [5.41, 5.74) is 0. The van der Waals surface area contributed by atoms with Crippen LogP contribution in [0.5, 0.6) is 0 Å². The maximum atomic E-state index is 11.6. The largest absolute Gasteiger partial charge is 0.466 e. The molecular weight excluding hydrogens is 206 g/mol. The van der Waals surface area contributed by atoms with Crippen LogP contribution in [-0.4, -0.2) is 36.5 Å². The van der Waals surface area contributed by atoms with Crippen LogP contribution >= 0.6 is 0 Å². The van der Waals surface area contributed by atoms with E-state index < -0.39 is 0 Å². The molecular formula is C12H19NO3.